The second-order valence-corrected chi connectivity index (χ2v) is 5.61. The third-order valence-corrected chi connectivity index (χ3v) is 4.21. The molecule has 3 nitrogen and oxygen atoms in total. The zero-order valence-electron chi connectivity index (χ0n) is 12.5. The van der Waals surface area contributed by atoms with E-state index in [1.54, 1.807) is 0 Å². The van der Waals surface area contributed by atoms with Crippen molar-refractivity contribution in [1.29, 1.82) is 0 Å². The number of morpholine rings is 1. The highest BCUT2D eigenvalue weighted by molar-refractivity contribution is 5.73. The highest BCUT2D eigenvalue weighted by atomic mass is 16.5. The lowest BCUT2D eigenvalue weighted by Gasteiger charge is -2.33. The predicted molar refractivity (Wildman–Crippen MR) is 86.7 cm³/mol. The molecule has 4 rings (SSSR count). The van der Waals surface area contributed by atoms with Gasteiger partial charge >= 0.3 is 0 Å². The van der Waals surface area contributed by atoms with Gasteiger partial charge < -0.3 is 14.4 Å². The molecular formula is C19H19NO2. The lowest BCUT2D eigenvalue weighted by Crippen LogP contribution is -2.38. The molecule has 0 atom stereocenters. The third-order valence-electron chi connectivity index (χ3n) is 4.21. The van der Waals surface area contributed by atoms with Gasteiger partial charge in [0.1, 0.15) is 5.75 Å². The highest BCUT2D eigenvalue weighted by Gasteiger charge is 2.22. The highest BCUT2D eigenvalue weighted by Crippen LogP contribution is 2.37. The first kappa shape index (κ1) is 13.4. The minimum atomic E-state index is 0.772. The van der Waals surface area contributed by atoms with Crippen molar-refractivity contribution in [3.05, 3.63) is 66.1 Å². The van der Waals surface area contributed by atoms with E-state index in [1.165, 1.54) is 11.1 Å². The van der Waals surface area contributed by atoms with Crippen LogP contribution in [0.1, 0.15) is 5.56 Å². The van der Waals surface area contributed by atoms with Crippen LogP contribution in [0, 0.1) is 0 Å². The summed E-state index contributed by atoms with van der Waals surface area (Å²) in [6, 6.07) is 16.8. The van der Waals surface area contributed by atoms with Crippen LogP contribution in [-0.2, 0) is 11.2 Å². The van der Waals surface area contributed by atoms with Crippen LogP contribution in [0.5, 0.6) is 5.75 Å². The second kappa shape index (κ2) is 5.85. The van der Waals surface area contributed by atoms with Gasteiger partial charge in [0, 0.05) is 18.7 Å². The molecule has 0 saturated carbocycles. The molecule has 2 aromatic rings. The van der Waals surface area contributed by atoms with Crippen LogP contribution in [-0.4, -0.2) is 31.2 Å². The van der Waals surface area contributed by atoms with Crippen LogP contribution in [0.15, 0.2) is 60.5 Å². The van der Waals surface area contributed by atoms with Gasteiger partial charge in [0.15, 0.2) is 5.88 Å². The van der Waals surface area contributed by atoms with Crippen molar-refractivity contribution in [2.24, 2.45) is 0 Å². The second-order valence-electron chi connectivity index (χ2n) is 5.61. The van der Waals surface area contributed by atoms with Crippen LogP contribution >= 0.6 is 0 Å². The van der Waals surface area contributed by atoms with E-state index in [0.29, 0.717) is 0 Å². The predicted octanol–water partition coefficient (Wildman–Crippen LogP) is 3.46. The molecule has 0 aliphatic carbocycles. The Hall–Kier alpha value is -2.26. The Bertz CT molecular complexity index is 688. The molecular weight excluding hydrogens is 274 g/mol. The van der Waals surface area contributed by atoms with Gasteiger partial charge in [-0.2, -0.15) is 0 Å². The van der Waals surface area contributed by atoms with Crippen LogP contribution < -0.4 is 4.74 Å². The average Bonchev–Trinajstić information content (AvgIpc) is 2.62. The fourth-order valence-electron chi connectivity index (χ4n) is 3.03. The first-order chi connectivity index (χ1) is 10.9. The van der Waals surface area contributed by atoms with Crippen molar-refractivity contribution >= 4 is 0 Å². The van der Waals surface area contributed by atoms with E-state index in [-0.39, 0.29) is 0 Å². The summed E-state index contributed by atoms with van der Waals surface area (Å²) in [5.74, 6) is 1.97. The van der Waals surface area contributed by atoms with Crippen molar-refractivity contribution in [3.63, 3.8) is 0 Å². The number of ether oxygens (including phenoxy) is 2. The minimum absolute atomic E-state index is 0.772. The van der Waals surface area contributed by atoms with E-state index >= 15 is 0 Å². The zero-order chi connectivity index (χ0) is 14.8. The largest absolute Gasteiger partial charge is 0.441 e. The number of para-hydroxylation sites is 1. The Kier molecular flexibility index (Phi) is 3.57. The van der Waals surface area contributed by atoms with Gasteiger partial charge in [-0.25, -0.2) is 0 Å². The van der Waals surface area contributed by atoms with Crippen molar-refractivity contribution in [2.75, 3.05) is 26.3 Å². The summed E-state index contributed by atoms with van der Waals surface area (Å²) in [5, 5.41) is 0. The fraction of sp³-hybridized carbons (Fsp3) is 0.263. The van der Waals surface area contributed by atoms with E-state index < -0.39 is 0 Å². The van der Waals surface area contributed by atoms with Crippen molar-refractivity contribution in [3.8, 4) is 16.9 Å². The monoisotopic (exact) mass is 293 g/mol. The lowest BCUT2D eigenvalue weighted by molar-refractivity contribution is 0.0340. The number of allylic oxidation sites excluding steroid dienone is 1. The van der Waals surface area contributed by atoms with Gasteiger partial charge in [0.25, 0.3) is 0 Å². The van der Waals surface area contributed by atoms with Gasteiger partial charge in [-0.3, -0.25) is 0 Å². The summed E-state index contributed by atoms with van der Waals surface area (Å²) in [4.78, 5) is 2.27. The molecule has 0 aromatic heterocycles. The molecule has 2 aromatic carbocycles. The molecule has 112 valence electrons. The van der Waals surface area contributed by atoms with E-state index in [4.69, 9.17) is 9.47 Å². The van der Waals surface area contributed by atoms with Crippen LogP contribution in [0.25, 0.3) is 11.1 Å². The van der Waals surface area contributed by atoms with Crippen molar-refractivity contribution in [2.45, 2.75) is 6.42 Å². The maximum Gasteiger partial charge on any atom is 0.192 e. The van der Waals surface area contributed by atoms with E-state index in [0.717, 1.165) is 49.9 Å². The molecule has 1 fully saturated rings. The van der Waals surface area contributed by atoms with Crippen molar-refractivity contribution < 1.29 is 9.47 Å². The van der Waals surface area contributed by atoms with Gasteiger partial charge in [-0.1, -0.05) is 48.5 Å². The molecule has 0 spiro atoms. The number of hydrogen-bond acceptors (Lipinski definition) is 3. The molecule has 3 heteroatoms. The van der Waals surface area contributed by atoms with Crippen LogP contribution in [0.2, 0.25) is 0 Å². The molecule has 2 aliphatic rings. The van der Waals surface area contributed by atoms with Crippen LogP contribution in [0.4, 0.5) is 0 Å². The smallest absolute Gasteiger partial charge is 0.192 e. The van der Waals surface area contributed by atoms with Crippen molar-refractivity contribution in [1.82, 2.24) is 4.90 Å². The Balaban J connectivity index is 1.67. The van der Waals surface area contributed by atoms with E-state index in [2.05, 4.69) is 53.4 Å². The molecule has 1 saturated heterocycles. The zero-order valence-corrected chi connectivity index (χ0v) is 12.5. The standard InChI is InChI=1S/C19H19NO2/c1-2-5-15(6-3-1)17-8-4-7-16-9-10-18(22-19(16)17)20-11-13-21-14-12-20/h1-8,10H,9,11-14H2. The molecule has 0 radical (unpaired) electrons. The molecule has 2 aliphatic heterocycles. The average molecular weight is 293 g/mol. The minimum Gasteiger partial charge on any atom is -0.441 e. The van der Waals surface area contributed by atoms with Gasteiger partial charge in [-0.05, 0) is 23.6 Å². The number of hydrogen-bond donors (Lipinski definition) is 0. The number of benzene rings is 2. The Morgan fingerprint density at radius 3 is 2.50 bits per heavy atom. The van der Waals surface area contributed by atoms with E-state index in [9.17, 15) is 0 Å². The first-order valence-corrected chi connectivity index (χ1v) is 7.80. The molecule has 2 heterocycles. The third kappa shape index (κ3) is 2.48. The van der Waals surface area contributed by atoms with Crippen LogP contribution in [0.3, 0.4) is 0 Å². The number of rotatable bonds is 2. The molecule has 0 unspecified atom stereocenters. The Labute approximate surface area is 130 Å². The topological polar surface area (TPSA) is 21.7 Å². The quantitative estimate of drug-likeness (QED) is 0.846. The lowest BCUT2D eigenvalue weighted by atomic mass is 9.99. The maximum absolute atomic E-state index is 6.29. The Morgan fingerprint density at radius 1 is 0.864 bits per heavy atom. The van der Waals surface area contributed by atoms with Gasteiger partial charge in [-0.15, -0.1) is 0 Å². The van der Waals surface area contributed by atoms with Gasteiger partial charge in [0.05, 0.1) is 13.2 Å². The summed E-state index contributed by atoms with van der Waals surface area (Å²) in [6.45, 7) is 3.34. The first-order valence-electron chi connectivity index (χ1n) is 7.80. The molecule has 0 bridgehead atoms. The molecule has 22 heavy (non-hydrogen) atoms. The summed E-state index contributed by atoms with van der Waals surface area (Å²) in [6.07, 6.45) is 3.10. The summed E-state index contributed by atoms with van der Waals surface area (Å²) in [5.41, 5.74) is 3.61. The summed E-state index contributed by atoms with van der Waals surface area (Å²) in [7, 11) is 0. The molecule has 0 amide bonds. The van der Waals surface area contributed by atoms with E-state index in [1.807, 2.05) is 6.07 Å². The number of fused-ring (bicyclic) bond motifs is 1. The SMILES string of the molecule is C1=C(N2CCOCC2)Oc2c(cccc2-c2ccccc2)C1. The Morgan fingerprint density at radius 2 is 1.68 bits per heavy atom. The summed E-state index contributed by atoms with van der Waals surface area (Å²) < 4.78 is 11.7. The maximum atomic E-state index is 6.29. The van der Waals surface area contributed by atoms with Gasteiger partial charge in [0.2, 0.25) is 0 Å². The fourth-order valence-corrected chi connectivity index (χ4v) is 3.03. The number of nitrogens with zero attached hydrogens (tertiary/aromatic N) is 1. The molecule has 0 N–H and O–H groups in total. The normalized spacial score (nSPS) is 17.5. The summed E-state index contributed by atoms with van der Waals surface area (Å²) >= 11 is 0.